The van der Waals surface area contributed by atoms with Gasteiger partial charge in [-0.3, -0.25) is 0 Å². The van der Waals surface area contributed by atoms with Crippen LogP contribution in [0, 0.1) is 0 Å². The predicted octanol–water partition coefficient (Wildman–Crippen LogP) is 4.46. The fraction of sp³-hybridized carbons (Fsp3) is 0.200. The second kappa shape index (κ2) is 7.25. The molecular weight excluding hydrogens is 392 g/mol. The lowest BCUT2D eigenvalue weighted by Crippen LogP contribution is -2.43. The summed E-state index contributed by atoms with van der Waals surface area (Å²) < 4.78 is 23.3. The summed E-state index contributed by atoms with van der Waals surface area (Å²) in [6.45, 7) is 1.15. The molecule has 3 aromatic carbocycles. The van der Waals surface area contributed by atoms with Crippen molar-refractivity contribution in [2.24, 2.45) is 0 Å². The molecule has 3 aliphatic heterocycles. The lowest BCUT2D eigenvalue weighted by atomic mass is 10.0. The summed E-state index contributed by atoms with van der Waals surface area (Å²) in [5.41, 5.74) is 7.77. The van der Waals surface area contributed by atoms with E-state index in [4.69, 9.17) is 18.9 Å². The summed E-state index contributed by atoms with van der Waals surface area (Å²) in [4.78, 5) is 0. The zero-order valence-corrected chi connectivity index (χ0v) is 17.1. The van der Waals surface area contributed by atoms with Crippen molar-refractivity contribution in [1.29, 1.82) is 0 Å². The van der Waals surface area contributed by atoms with Gasteiger partial charge in [0.2, 0.25) is 0 Å². The van der Waals surface area contributed by atoms with Crippen LogP contribution in [0.15, 0.2) is 72.8 Å². The monoisotopic (exact) mass is 414 g/mol. The lowest BCUT2D eigenvalue weighted by Gasteiger charge is -2.39. The fourth-order valence-electron chi connectivity index (χ4n) is 4.33. The van der Waals surface area contributed by atoms with Crippen molar-refractivity contribution in [2.45, 2.75) is 12.3 Å². The Morgan fingerprint density at radius 2 is 1.77 bits per heavy atom. The molecule has 6 heteroatoms. The number of rotatable bonds is 3. The Morgan fingerprint density at radius 3 is 2.68 bits per heavy atom. The van der Waals surface area contributed by atoms with Gasteiger partial charge in [0.25, 0.3) is 0 Å². The number of ether oxygens (including phenoxy) is 4. The van der Waals surface area contributed by atoms with E-state index >= 15 is 0 Å². The first-order chi connectivity index (χ1) is 15.3. The van der Waals surface area contributed by atoms with Crippen molar-refractivity contribution in [3.05, 3.63) is 89.5 Å². The first-order valence-corrected chi connectivity index (χ1v) is 10.4. The highest BCUT2D eigenvalue weighted by Crippen LogP contribution is 2.46. The van der Waals surface area contributed by atoms with Crippen molar-refractivity contribution < 1.29 is 18.9 Å². The maximum absolute atomic E-state index is 6.44. The summed E-state index contributed by atoms with van der Waals surface area (Å²) in [5.74, 6) is 3.25. The number of hydrogen-bond donors (Lipinski definition) is 1. The van der Waals surface area contributed by atoms with E-state index in [0.29, 0.717) is 13.2 Å². The summed E-state index contributed by atoms with van der Waals surface area (Å²) >= 11 is 0. The van der Waals surface area contributed by atoms with Crippen LogP contribution in [0.1, 0.15) is 29.0 Å². The second-order valence-electron chi connectivity index (χ2n) is 7.69. The van der Waals surface area contributed by atoms with Crippen molar-refractivity contribution in [3.8, 4) is 23.0 Å². The first kappa shape index (κ1) is 18.2. The van der Waals surface area contributed by atoms with E-state index in [0.717, 1.165) is 45.4 Å². The molecule has 0 saturated carbocycles. The fourth-order valence-corrected chi connectivity index (χ4v) is 4.33. The van der Waals surface area contributed by atoms with E-state index in [1.165, 1.54) is 0 Å². The molecule has 0 bridgehead atoms. The largest absolute Gasteiger partial charge is 0.497 e. The minimum absolute atomic E-state index is 0.0318. The SMILES string of the molecule is COc1cccc([C@H]2Oc3ccccc3[C@@H]3C=C(c4ccc5c(c4)OCCO5)NN23)c1. The Kier molecular flexibility index (Phi) is 4.25. The van der Waals surface area contributed by atoms with E-state index in [1.807, 2.05) is 48.5 Å². The van der Waals surface area contributed by atoms with Crippen LogP contribution < -0.4 is 24.4 Å². The maximum Gasteiger partial charge on any atom is 0.196 e. The topological polar surface area (TPSA) is 52.2 Å². The predicted molar refractivity (Wildman–Crippen MR) is 116 cm³/mol. The van der Waals surface area contributed by atoms with Crippen LogP contribution in [0.25, 0.3) is 5.70 Å². The van der Waals surface area contributed by atoms with Gasteiger partial charge in [0.15, 0.2) is 17.7 Å². The van der Waals surface area contributed by atoms with Gasteiger partial charge in [0.05, 0.1) is 18.8 Å². The summed E-state index contributed by atoms with van der Waals surface area (Å²) in [5, 5.41) is 2.14. The van der Waals surface area contributed by atoms with Gasteiger partial charge >= 0.3 is 0 Å². The number of methoxy groups -OCH3 is 1. The Balaban J connectivity index is 1.40. The molecule has 0 aromatic heterocycles. The van der Waals surface area contributed by atoms with Crippen LogP contribution in [0.5, 0.6) is 23.0 Å². The van der Waals surface area contributed by atoms with Crippen LogP contribution in [-0.4, -0.2) is 25.3 Å². The van der Waals surface area contributed by atoms with Gasteiger partial charge in [-0.2, -0.15) is 5.01 Å². The third kappa shape index (κ3) is 3.07. The van der Waals surface area contributed by atoms with E-state index in [2.05, 4.69) is 34.7 Å². The number of para-hydroxylation sites is 1. The number of hydrogen-bond acceptors (Lipinski definition) is 6. The van der Waals surface area contributed by atoms with Crippen LogP contribution in [0.4, 0.5) is 0 Å². The minimum Gasteiger partial charge on any atom is -0.497 e. The van der Waals surface area contributed by atoms with Crippen molar-refractivity contribution >= 4 is 5.70 Å². The standard InChI is InChI=1S/C25H22N2O4/c1-28-18-6-4-5-17(13-18)25-27-21(19-7-2-3-8-22(19)31-25)15-20(26-27)16-9-10-23-24(14-16)30-12-11-29-23/h2-10,13-15,21,25-26H,11-12H2,1H3/t21-,25+/m0/s1. The highest BCUT2D eigenvalue weighted by Gasteiger charge is 2.40. The lowest BCUT2D eigenvalue weighted by molar-refractivity contribution is -0.0327. The minimum atomic E-state index is -0.305. The molecule has 0 amide bonds. The molecule has 3 aliphatic rings. The summed E-state index contributed by atoms with van der Waals surface area (Å²) in [6, 6.07) is 22.3. The third-order valence-corrected chi connectivity index (χ3v) is 5.83. The van der Waals surface area contributed by atoms with Crippen LogP contribution in [0.2, 0.25) is 0 Å². The Bertz CT molecular complexity index is 1180. The summed E-state index contributed by atoms with van der Waals surface area (Å²) in [7, 11) is 1.68. The van der Waals surface area contributed by atoms with Gasteiger partial charge in [-0.15, -0.1) is 0 Å². The zero-order chi connectivity index (χ0) is 20.8. The number of nitrogens with zero attached hydrogens (tertiary/aromatic N) is 1. The molecule has 0 unspecified atom stereocenters. The number of nitrogens with one attached hydrogen (secondary N) is 1. The molecule has 1 N–H and O–H groups in total. The Hall–Kier alpha value is -3.64. The molecule has 0 radical (unpaired) electrons. The van der Waals surface area contributed by atoms with Crippen LogP contribution in [-0.2, 0) is 0 Å². The van der Waals surface area contributed by atoms with Crippen molar-refractivity contribution in [2.75, 3.05) is 20.3 Å². The number of benzene rings is 3. The zero-order valence-electron chi connectivity index (χ0n) is 17.1. The van der Waals surface area contributed by atoms with E-state index in [1.54, 1.807) is 7.11 Å². The molecule has 0 spiro atoms. The molecule has 0 aliphatic carbocycles. The van der Waals surface area contributed by atoms with Gasteiger partial charge in [0.1, 0.15) is 24.7 Å². The normalized spacial score (nSPS) is 21.3. The average molecular weight is 414 g/mol. The van der Waals surface area contributed by atoms with Crippen LogP contribution >= 0.6 is 0 Å². The second-order valence-corrected chi connectivity index (χ2v) is 7.69. The third-order valence-electron chi connectivity index (χ3n) is 5.83. The highest BCUT2D eigenvalue weighted by atomic mass is 16.6. The van der Waals surface area contributed by atoms with Crippen LogP contribution in [0.3, 0.4) is 0 Å². The van der Waals surface area contributed by atoms with E-state index in [-0.39, 0.29) is 12.3 Å². The quantitative estimate of drug-likeness (QED) is 0.683. The number of hydrazine groups is 1. The molecule has 0 saturated heterocycles. The molecule has 0 fully saturated rings. The van der Waals surface area contributed by atoms with Gasteiger partial charge in [-0.05, 0) is 42.5 Å². The van der Waals surface area contributed by atoms with Crippen molar-refractivity contribution in [1.82, 2.24) is 10.4 Å². The molecule has 2 atom stereocenters. The molecule has 6 rings (SSSR count). The first-order valence-electron chi connectivity index (χ1n) is 10.4. The Morgan fingerprint density at radius 1 is 0.903 bits per heavy atom. The number of fused-ring (bicyclic) bond motifs is 4. The maximum atomic E-state index is 6.44. The molecule has 3 aromatic rings. The molecular formula is C25H22N2O4. The molecule has 156 valence electrons. The molecule has 3 heterocycles. The molecule has 6 nitrogen and oxygen atoms in total. The van der Waals surface area contributed by atoms with Gasteiger partial charge in [-0.1, -0.05) is 30.3 Å². The smallest absolute Gasteiger partial charge is 0.196 e. The van der Waals surface area contributed by atoms with Gasteiger partial charge in [0, 0.05) is 16.7 Å². The Labute approximate surface area is 180 Å². The molecule has 31 heavy (non-hydrogen) atoms. The highest BCUT2D eigenvalue weighted by molar-refractivity contribution is 5.70. The summed E-state index contributed by atoms with van der Waals surface area (Å²) in [6.07, 6.45) is 1.93. The van der Waals surface area contributed by atoms with Gasteiger partial charge < -0.3 is 24.4 Å². The van der Waals surface area contributed by atoms with E-state index < -0.39 is 0 Å². The van der Waals surface area contributed by atoms with E-state index in [9.17, 15) is 0 Å². The average Bonchev–Trinajstić information content (AvgIpc) is 3.29. The van der Waals surface area contributed by atoms with Gasteiger partial charge in [-0.25, -0.2) is 0 Å². The van der Waals surface area contributed by atoms with Crippen molar-refractivity contribution in [3.63, 3.8) is 0 Å².